The normalized spacial score (nSPS) is 18.0. The number of aliphatic hydroxyl groups is 1. The summed E-state index contributed by atoms with van der Waals surface area (Å²) in [5.74, 6) is 0. The maximum atomic E-state index is 12.8. The Balaban J connectivity index is 2.04. The number of benzene rings is 1. The number of amides is 3. The molecule has 1 aromatic carbocycles. The molecule has 1 aliphatic heterocycles. The molecular formula is C18H24F3N3O4. The van der Waals surface area contributed by atoms with Crippen LogP contribution in [0.2, 0.25) is 0 Å². The summed E-state index contributed by atoms with van der Waals surface area (Å²) in [7, 11) is 0. The molecule has 1 aromatic rings. The largest absolute Gasteiger partial charge is 0.444 e. The lowest BCUT2D eigenvalue weighted by Gasteiger charge is -2.40. The van der Waals surface area contributed by atoms with E-state index in [0.717, 1.165) is 12.1 Å². The Bertz CT molecular complexity index is 719. The molecule has 0 saturated carbocycles. The number of piperazine rings is 1. The number of alkyl halides is 3. The SMILES string of the molecule is CC(C)(C)OC(=O)N1CCN(C(=O)Nc2cccc(C(F)(F)F)c2)C(CO)C1. The summed E-state index contributed by atoms with van der Waals surface area (Å²) in [4.78, 5) is 27.3. The fourth-order valence-corrected chi connectivity index (χ4v) is 2.74. The van der Waals surface area contributed by atoms with Crippen LogP contribution in [-0.4, -0.2) is 64.9 Å². The molecule has 1 fully saturated rings. The molecule has 28 heavy (non-hydrogen) atoms. The highest BCUT2D eigenvalue weighted by molar-refractivity contribution is 5.90. The fourth-order valence-electron chi connectivity index (χ4n) is 2.74. The van der Waals surface area contributed by atoms with Crippen LogP contribution in [0.1, 0.15) is 26.3 Å². The summed E-state index contributed by atoms with van der Waals surface area (Å²) >= 11 is 0. The molecule has 0 bridgehead atoms. The van der Waals surface area contributed by atoms with Gasteiger partial charge in [0.1, 0.15) is 5.60 Å². The van der Waals surface area contributed by atoms with E-state index in [1.165, 1.54) is 21.9 Å². The summed E-state index contributed by atoms with van der Waals surface area (Å²) < 4.78 is 43.7. The van der Waals surface area contributed by atoms with E-state index in [9.17, 15) is 27.9 Å². The summed E-state index contributed by atoms with van der Waals surface area (Å²) in [6.45, 7) is 5.13. The molecule has 3 amide bonds. The molecule has 2 N–H and O–H groups in total. The van der Waals surface area contributed by atoms with Crippen molar-refractivity contribution in [2.75, 3.05) is 31.6 Å². The zero-order valence-corrected chi connectivity index (χ0v) is 15.9. The number of nitrogens with one attached hydrogen (secondary N) is 1. The van der Waals surface area contributed by atoms with Gasteiger partial charge in [-0.3, -0.25) is 0 Å². The van der Waals surface area contributed by atoms with Crippen molar-refractivity contribution in [1.29, 1.82) is 0 Å². The van der Waals surface area contributed by atoms with Crippen molar-refractivity contribution in [3.8, 4) is 0 Å². The van der Waals surface area contributed by atoms with Crippen LogP contribution in [0, 0.1) is 0 Å². The van der Waals surface area contributed by atoms with E-state index in [-0.39, 0.29) is 25.3 Å². The van der Waals surface area contributed by atoms with Gasteiger partial charge < -0.3 is 25.0 Å². The van der Waals surface area contributed by atoms with Gasteiger partial charge in [-0.05, 0) is 39.0 Å². The Morgan fingerprint density at radius 1 is 1.25 bits per heavy atom. The third kappa shape index (κ3) is 5.75. The highest BCUT2D eigenvalue weighted by Crippen LogP contribution is 2.30. The van der Waals surface area contributed by atoms with Crippen molar-refractivity contribution >= 4 is 17.8 Å². The minimum Gasteiger partial charge on any atom is -0.444 e. The predicted molar refractivity (Wildman–Crippen MR) is 95.8 cm³/mol. The molecule has 1 atom stereocenters. The molecule has 7 nitrogen and oxygen atoms in total. The van der Waals surface area contributed by atoms with Gasteiger partial charge in [0.25, 0.3) is 0 Å². The number of hydrogen-bond donors (Lipinski definition) is 2. The van der Waals surface area contributed by atoms with Crippen LogP contribution >= 0.6 is 0 Å². The van der Waals surface area contributed by atoms with Crippen molar-refractivity contribution in [2.24, 2.45) is 0 Å². The van der Waals surface area contributed by atoms with Gasteiger partial charge >= 0.3 is 18.3 Å². The molecule has 0 aromatic heterocycles. The number of aliphatic hydroxyl groups excluding tert-OH is 1. The minimum absolute atomic E-state index is 0.00825. The fraction of sp³-hybridized carbons (Fsp3) is 0.556. The van der Waals surface area contributed by atoms with E-state index < -0.39 is 42.1 Å². The van der Waals surface area contributed by atoms with E-state index >= 15 is 0 Å². The number of nitrogens with zero attached hydrogens (tertiary/aromatic N) is 2. The molecule has 1 aliphatic rings. The number of rotatable bonds is 2. The second-order valence-corrected chi connectivity index (χ2v) is 7.46. The highest BCUT2D eigenvalue weighted by atomic mass is 19.4. The van der Waals surface area contributed by atoms with Crippen molar-refractivity contribution in [3.63, 3.8) is 0 Å². The number of hydrogen-bond acceptors (Lipinski definition) is 4. The Labute approximate surface area is 161 Å². The van der Waals surface area contributed by atoms with Crippen molar-refractivity contribution in [2.45, 2.75) is 38.6 Å². The van der Waals surface area contributed by atoms with Gasteiger partial charge in [0.2, 0.25) is 0 Å². The first-order valence-electron chi connectivity index (χ1n) is 8.74. The highest BCUT2D eigenvalue weighted by Gasteiger charge is 2.34. The average Bonchev–Trinajstić information content (AvgIpc) is 2.59. The van der Waals surface area contributed by atoms with Crippen LogP contribution < -0.4 is 5.32 Å². The van der Waals surface area contributed by atoms with Crippen LogP contribution in [0.3, 0.4) is 0 Å². The Morgan fingerprint density at radius 2 is 1.93 bits per heavy atom. The second-order valence-electron chi connectivity index (χ2n) is 7.46. The molecule has 0 radical (unpaired) electrons. The quantitative estimate of drug-likeness (QED) is 0.795. The van der Waals surface area contributed by atoms with E-state index in [1.54, 1.807) is 20.8 Å². The monoisotopic (exact) mass is 403 g/mol. The summed E-state index contributed by atoms with van der Waals surface area (Å²) in [5.41, 5.74) is -1.56. The van der Waals surface area contributed by atoms with Gasteiger partial charge in [0.05, 0.1) is 18.2 Å². The zero-order valence-electron chi connectivity index (χ0n) is 15.9. The summed E-state index contributed by atoms with van der Waals surface area (Å²) in [6.07, 6.45) is -5.07. The van der Waals surface area contributed by atoms with Crippen LogP contribution in [0.4, 0.5) is 28.4 Å². The lowest BCUT2D eigenvalue weighted by Crippen LogP contribution is -2.59. The molecule has 10 heteroatoms. The number of urea groups is 1. The maximum Gasteiger partial charge on any atom is 0.416 e. The molecule has 0 aliphatic carbocycles. The molecule has 1 saturated heterocycles. The average molecular weight is 403 g/mol. The molecule has 1 heterocycles. The third-order valence-corrected chi connectivity index (χ3v) is 4.05. The van der Waals surface area contributed by atoms with Gasteiger partial charge in [0, 0.05) is 25.3 Å². The van der Waals surface area contributed by atoms with Crippen LogP contribution in [0.15, 0.2) is 24.3 Å². The van der Waals surface area contributed by atoms with E-state index in [1.807, 2.05) is 0 Å². The Kier molecular flexibility index (Phi) is 6.43. The minimum atomic E-state index is -4.52. The summed E-state index contributed by atoms with van der Waals surface area (Å²) in [6, 6.07) is 2.93. The van der Waals surface area contributed by atoms with Crippen molar-refractivity contribution < 1.29 is 32.6 Å². The molecule has 1 unspecified atom stereocenters. The zero-order chi connectivity index (χ0) is 21.1. The first kappa shape index (κ1) is 21.8. The number of anilines is 1. The van der Waals surface area contributed by atoms with Gasteiger partial charge in [-0.2, -0.15) is 13.2 Å². The van der Waals surface area contributed by atoms with Gasteiger partial charge in [-0.1, -0.05) is 6.07 Å². The van der Waals surface area contributed by atoms with Gasteiger partial charge in [-0.25, -0.2) is 9.59 Å². The van der Waals surface area contributed by atoms with E-state index in [0.29, 0.717) is 0 Å². The lowest BCUT2D eigenvalue weighted by molar-refractivity contribution is -0.137. The molecule has 156 valence electrons. The predicted octanol–water partition coefficient (Wildman–Crippen LogP) is 3.15. The number of ether oxygens (including phenoxy) is 1. The van der Waals surface area contributed by atoms with Crippen molar-refractivity contribution in [3.05, 3.63) is 29.8 Å². The first-order valence-corrected chi connectivity index (χ1v) is 8.74. The molecular weight excluding hydrogens is 379 g/mol. The van der Waals surface area contributed by atoms with Crippen LogP contribution in [0.25, 0.3) is 0 Å². The number of carbonyl (C=O) groups excluding carboxylic acids is 2. The second kappa shape index (κ2) is 8.26. The number of carbonyl (C=O) groups is 2. The smallest absolute Gasteiger partial charge is 0.416 e. The van der Waals surface area contributed by atoms with E-state index in [2.05, 4.69) is 5.32 Å². The van der Waals surface area contributed by atoms with Gasteiger partial charge in [0.15, 0.2) is 0 Å². The topological polar surface area (TPSA) is 82.1 Å². The first-order chi connectivity index (χ1) is 12.9. The van der Waals surface area contributed by atoms with Crippen molar-refractivity contribution in [1.82, 2.24) is 9.80 Å². The number of halogens is 3. The van der Waals surface area contributed by atoms with E-state index in [4.69, 9.17) is 4.74 Å². The van der Waals surface area contributed by atoms with Crippen LogP contribution in [0.5, 0.6) is 0 Å². The van der Waals surface area contributed by atoms with Gasteiger partial charge in [-0.15, -0.1) is 0 Å². The Morgan fingerprint density at radius 3 is 2.50 bits per heavy atom. The third-order valence-electron chi connectivity index (χ3n) is 4.05. The lowest BCUT2D eigenvalue weighted by atomic mass is 10.1. The molecule has 0 spiro atoms. The molecule has 2 rings (SSSR count). The standard InChI is InChI=1S/C18H24F3N3O4/c1-17(2,3)28-16(27)23-7-8-24(14(10-23)11-25)15(26)22-13-6-4-5-12(9-13)18(19,20)21/h4-6,9,14,25H,7-8,10-11H2,1-3H3,(H,22,26). The summed E-state index contributed by atoms with van der Waals surface area (Å²) in [5, 5.41) is 12.0. The maximum absolute atomic E-state index is 12.8. The Hall–Kier alpha value is -2.49. The van der Waals surface area contributed by atoms with Crippen LogP contribution in [-0.2, 0) is 10.9 Å².